The van der Waals surface area contributed by atoms with Gasteiger partial charge in [0.2, 0.25) is 0 Å². The van der Waals surface area contributed by atoms with Crippen LogP contribution in [0, 0.1) is 0 Å². The van der Waals surface area contributed by atoms with Crippen molar-refractivity contribution in [2.75, 3.05) is 12.4 Å². The maximum absolute atomic E-state index is 12.5. The number of nitrogens with zero attached hydrogens (tertiary/aromatic N) is 3. The van der Waals surface area contributed by atoms with Crippen molar-refractivity contribution in [1.29, 1.82) is 0 Å². The zero-order valence-corrected chi connectivity index (χ0v) is 12.8. The van der Waals surface area contributed by atoms with Gasteiger partial charge in [-0.1, -0.05) is 6.07 Å². The first-order valence-electron chi connectivity index (χ1n) is 6.52. The number of hydrogen-bond donors (Lipinski definition) is 2. The molecule has 0 atom stereocenters. The molecule has 8 nitrogen and oxygen atoms in total. The van der Waals surface area contributed by atoms with Gasteiger partial charge in [-0.15, -0.1) is 0 Å². The molecule has 0 saturated heterocycles. The number of carbonyl (C=O) groups excluding carboxylic acids is 1. The van der Waals surface area contributed by atoms with Crippen molar-refractivity contribution in [3.8, 4) is 0 Å². The number of rotatable bonds is 2. The van der Waals surface area contributed by atoms with Gasteiger partial charge in [0.1, 0.15) is 10.7 Å². The van der Waals surface area contributed by atoms with Crippen molar-refractivity contribution in [1.82, 2.24) is 14.3 Å². The third-order valence-corrected chi connectivity index (χ3v) is 5.12. The third-order valence-electron chi connectivity index (χ3n) is 3.34. The number of aliphatic hydroxyl groups is 1. The van der Waals surface area contributed by atoms with E-state index in [1.54, 1.807) is 18.2 Å². The van der Waals surface area contributed by atoms with E-state index in [9.17, 15) is 18.3 Å². The molecule has 118 valence electrons. The molecule has 0 unspecified atom stereocenters. The summed E-state index contributed by atoms with van der Waals surface area (Å²) in [7, 11) is -2.78. The number of hydrogen-bond acceptors (Lipinski definition) is 6. The molecule has 0 saturated carbocycles. The van der Waals surface area contributed by atoms with Gasteiger partial charge < -0.3 is 10.4 Å². The highest BCUT2D eigenvalue weighted by molar-refractivity contribution is 7.89. The number of carbonyl (C=O) groups is 1. The summed E-state index contributed by atoms with van der Waals surface area (Å²) in [5.41, 5.74) is -0.348. The van der Waals surface area contributed by atoms with E-state index in [1.165, 1.54) is 25.5 Å². The van der Waals surface area contributed by atoms with E-state index in [1.807, 2.05) is 0 Å². The highest BCUT2D eigenvalue weighted by Crippen LogP contribution is 2.34. The van der Waals surface area contributed by atoms with E-state index < -0.39 is 21.7 Å². The first kappa shape index (κ1) is 15.0. The minimum atomic E-state index is -3.97. The Morgan fingerprint density at radius 2 is 2.04 bits per heavy atom. The number of pyridine rings is 2. The number of aromatic nitrogens is 2. The standard InChI is InChI=1S/C14H12N4O4S/c1-18-12(14(20)17-11-4-2-3-6-16-11)13(19)9-5-7-15-8-10(9)23(18,21)22/h2-8,19H,1H3,(H,16,17,20). The molecule has 2 aromatic heterocycles. The Morgan fingerprint density at radius 3 is 2.74 bits per heavy atom. The number of aliphatic hydroxyl groups excluding tert-OH is 1. The molecule has 2 aromatic rings. The van der Waals surface area contributed by atoms with Gasteiger partial charge in [-0.2, -0.15) is 0 Å². The molecule has 0 radical (unpaired) electrons. The van der Waals surface area contributed by atoms with Crippen LogP contribution in [0.4, 0.5) is 5.82 Å². The summed E-state index contributed by atoms with van der Waals surface area (Å²) < 4.78 is 25.7. The Kier molecular flexibility index (Phi) is 3.49. The average molecular weight is 332 g/mol. The Bertz CT molecular complexity index is 909. The van der Waals surface area contributed by atoms with Gasteiger partial charge in [-0.05, 0) is 18.2 Å². The molecule has 3 heterocycles. The number of likely N-dealkylation sites (N-methyl/N-ethyl adjacent to an activating group) is 1. The second kappa shape index (κ2) is 5.36. The smallest absolute Gasteiger partial charge is 0.277 e. The molecule has 3 rings (SSSR count). The van der Waals surface area contributed by atoms with Crippen LogP contribution in [0.25, 0.3) is 5.76 Å². The molecule has 1 aliphatic heterocycles. The van der Waals surface area contributed by atoms with Crippen molar-refractivity contribution in [3.63, 3.8) is 0 Å². The van der Waals surface area contributed by atoms with Crippen molar-refractivity contribution < 1.29 is 18.3 Å². The first-order valence-corrected chi connectivity index (χ1v) is 7.96. The van der Waals surface area contributed by atoms with E-state index in [-0.39, 0.29) is 22.0 Å². The van der Waals surface area contributed by atoms with Crippen LogP contribution in [0.3, 0.4) is 0 Å². The lowest BCUT2D eigenvalue weighted by Gasteiger charge is -2.28. The van der Waals surface area contributed by atoms with Gasteiger partial charge in [0, 0.05) is 31.2 Å². The average Bonchev–Trinajstić information content (AvgIpc) is 2.54. The van der Waals surface area contributed by atoms with Gasteiger partial charge in [0.25, 0.3) is 15.9 Å². The number of sulfonamides is 1. The van der Waals surface area contributed by atoms with E-state index in [4.69, 9.17) is 0 Å². The largest absolute Gasteiger partial charge is 0.505 e. The van der Waals surface area contributed by atoms with Gasteiger partial charge in [-0.3, -0.25) is 14.1 Å². The summed E-state index contributed by atoms with van der Waals surface area (Å²) in [6.45, 7) is 0. The predicted molar refractivity (Wildman–Crippen MR) is 81.6 cm³/mol. The number of fused-ring (bicyclic) bond motifs is 1. The quantitative estimate of drug-likeness (QED) is 0.847. The van der Waals surface area contributed by atoms with Crippen LogP contribution >= 0.6 is 0 Å². The SMILES string of the molecule is CN1C(C(=O)Nc2ccccn2)=C(O)c2ccncc2S1(=O)=O. The molecule has 2 N–H and O–H groups in total. The molecular weight excluding hydrogens is 320 g/mol. The van der Waals surface area contributed by atoms with Crippen LogP contribution in [0.1, 0.15) is 5.56 Å². The maximum Gasteiger partial charge on any atom is 0.277 e. The van der Waals surface area contributed by atoms with E-state index in [2.05, 4.69) is 15.3 Å². The Labute approximate surface area is 132 Å². The zero-order valence-electron chi connectivity index (χ0n) is 12.0. The highest BCUT2D eigenvalue weighted by atomic mass is 32.2. The summed E-state index contributed by atoms with van der Waals surface area (Å²) in [6.07, 6.45) is 3.95. The lowest BCUT2D eigenvalue weighted by Crippen LogP contribution is -2.37. The maximum atomic E-state index is 12.5. The molecule has 1 amide bonds. The van der Waals surface area contributed by atoms with Crippen molar-refractivity contribution in [2.45, 2.75) is 4.90 Å². The van der Waals surface area contributed by atoms with Crippen LogP contribution in [0.15, 0.2) is 53.4 Å². The first-order chi connectivity index (χ1) is 10.9. The molecule has 0 fully saturated rings. The fraction of sp³-hybridized carbons (Fsp3) is 0.0714. The molecule has 23 heavy (non-hydrogen) atoms. The Hall–Kier alpha value is -2.94. The number of nitrogens with one attached hydrogen (secondary N) is 1. The zero-order chi connectivity index (χ0) is 16.6. The van der Waals surface area contributed by atoms with Crippen LogP contribution in [-0.4, -0.2) is 40.8 Å². The molecule has 0 bridgehead atoms. The van der Waals surface area contributed by atoms with Crippen molar-refractivity contribution >= 4 is 27.5 Å². The minimum absolute atomic E-state index is 0.0317. The van der Waals surface area contributed by atoms with Crippen LogP contribution in [-0.2, 0) is 14.8 Å². The lowest BCUT2D eigenvalue weighted by molar-refractivity contribution is -0.113. The van der Waals surface area contributed by atoms with E-state index in [0.717, 1.165) is 10.5 Å². The Balaban J connectivity index is 2.09. The molecule has 1 aliphatic rings. The normalized spacial score (nSPS) is 16.0. The summed E-state index contributed by atoms with van der Waals surface area (Å²) in [5, 5.41) is 12.8. The van der Waals surface area contributed by atoms with Gasteiger partial charge in [0.15, 0.2) is 11.5 Å². The second-order valence-electron chi connectivity index (χ2n) is 4.71. The van der Waals surface area contributed by atoms with Crippen molar-refractivity contribution in [3.05, 3.63) is 54.1 Å². The van der Waals surface area contributed by atoms with Gasteiger partial charge >= 0.3 is 0 Å². The summed E-state index contributed by atoms with van der Waals surface area (Å²) in [6, 6.07) is 6.22. The topological polar surface area (TPSA) is 112 Å². The monoisotopic (exact) mass is 332 g/mol. The molecule has 0 aliphatic carbocycles. The summed E-state index contributed by atoms with van der Waals surface area (Å²) >= 11 is 0. The lowest BCUT2D eigenvalue weighted by atomic mass is 10.1. The predicted octanol–water partition coefficient (Wildman–Crippen LogP) is 0.976. The van der Waals surface area contributed by atoms with Crippen LogP contribution < -0.4 is 5.32 Å². The van der Waals surface area contributed by atoms with Crippen LogP contribution in [0.5, 0.6) is 0 Å². The third kappa shape index (κ3) is 2.40. The number of anilines is 1. The number of amides is 1. The van der Waals surface area contributed by atoms with E-state index >= 15 is 0 Å². The Morgan fingerprint density at radius 1 is 1.26 bits per heavy atom. The van der Waals surface area contributed by atoms with E-state index in [0.29, 0.717) is 0 Å². The molecule has 9 heteroatoms. The van der Waals surface area contributed by atoms with Gasteiger partial charge in [0.05, 0.1) is 0 Å². The second-order valence-corrected chi connectivity index (χ2v) is 6.65. The fourth-order valence-electron chi connectivity index (χ4n) is 2.19. The molecular formula is C14H12N4O4S. The van der Waals surface area contributed by atoms with Crippen molar-refractivity contribution in [2.24, 2.45) is 0 Å². The minimum Gasteiger partial charge on any atom is -0.505 e. The highest BCUT2D eigenvalue weighted by Gasteiger charge is 2.38. The molecule has 0 spiro atoms. The summed E-state index contributed by atoms with van der Waals surface area (Å²) in [4.78, 5) is 19.9. The van der Waals surface area contributed by atoms with Gasteiger partial charge in [-0.25, -0.2) is 13.4 Å². The van der Waals surface area contributed by atoms with Crippen LogP contribution in [0.2, 0.25) is 0 Å². The fourth-order valence-corrected chi connectivity index (χ4v) is 3.53. The summed E-state index contributed by atoms with van der Waals surface area (Å²) in [5.74, 6) is -0.980. The molecule has 0 aromatic carbocycles.